The van der Waals surface area contributed by atoms with Crippen LogP contribution in [0.1, 0.15) is 56.3 Å². The Morgan fingerprint density at radius 3 is 2.48 bits per heavy atom. The third-order valence-electron chi connectivity index (χ3n) is 4.06. The first-order valence-electron chi connectivity index (χ1n) is 9.20. The molecule has 0 radical (unpaired) electrons. The highest BCUT2D eigenvalue weighted by atomic mass is 16.5. The van der Waals surface area contributed by atoms with Crippen LogP contribution in [0, 0.1) is 0 Å². The highest BCUT2D eigenvalue weighted by Crippen LogP contribution is 2.16. The molecule has 1 aliphatic heterocycles. The molecule has 0 bridgehead atoms. The van der Waals surface area contributed by atoms with Crippen LogP contribution in [-0.4, -0.2) is 24.3 Å². The molecule has 144 valence electrons. The number of nitrogens with one attached hydrogen (secondary N) is 1. The first kappa shape index (κ1) is 20.4. The Balaban J connectivity index is 1.84. The number of carbonyl (C=O) groups is 3. The lowest BCUT2D eigenvalue weighted by molar-refractivity contribution is -0.137. The average molecular weight is 371 g/mol. The molecule has 1 aromatic carbocycles. The van der Waals surface area contributed by atoms with E-state index in [0.29, 0.717) is 17.9 Å². The quantitative estimate of drug-likeness (QED) is 0.304. The predicted molar refractivity (Wildman–Crippen MR) is 102 cm³/mol. The van der Waals surface area contributed by atoms with Crippen LogP contribution in [0.5, 0.6) is 0 Å². The molecule has 0 aliphatic carbocycles. The van der Waals surface area contributed by atoms with E-state index in [0.717, 1.165) is 19.3 Å². The molecule has 0 fully saturated rings. The maximum Gasteiger partial charge on any atom is 0.348 e. The van der Waals surface area contributed by atoms with Gasteiger partial charge in [0.15, 0.2) is 5.78 Å². The van der Waals surface area contributed by atoms with Gasteiger partial charge in [-0.05, 0) is 37.6 Å². The number of unbranched alkanes of at least 4 members (excludes halogenated alkanes) is 4. The summed E-state index contributed by atoms with van der Waals surface area (Å²) in [6, 6.07) is 6.61. The van der Waals surface area contributed by atoms with Crippen molar-refractivity contribution in [3.63, 3.8) is 0 Å². The lowest BCUT2D eigenvalue weighted by atomic mass is 10.1. The molecule has 1 aromatic rings. The van der Waals surface area contributed by atoms with Gasteiger partial charge in [-0.15, -0.1) is 0 Å². The molecule has 6 nitrogen and oxygen atoms in total. The smallest absolute Gasteiger partial charge is 0.348 e. The lowest BCUT2D eigenvalue weighted by Crippen LogP contribution is -2.20. The molecular formula is C21H25NO5. The fourth-order valence-corrected chi connectivity index (χ4v) is 2.54. The van der Waals surface area contributed by atoms with Crippen molar-refractivity contribution in [1.29, 1.82) is 0 Å². The summed E-state index contributed by atoms with van der Waals surface area (Å²) in [6.45, 7) is 4.13. The highest BCUT2D eigenvalue weighted by Gasteiger charge is 2.23. The fourth-order valence-electron chi connectivity index (χ4n) is 2.54. The summed E-state index contributed by atoms with van der Waals surface area (Å²) < 4.78 is 10.2. The van der Waals surface area contributed by atoms with Crippen LogP contribution in [0.2, 0.25) is 0 Å². The zero-order valence-corrected chi connectivity index (χ0v) is 15.7. The second-order valence-electron chi connectivity index (χ2n) is 6.34. The zero-order valence-electron chi connectivity index (χ0n) is 15.7. The number of ketones is 1. The van der Waals surface area contributed by atoms with E-state index in [4.69, 9.17) is 9.47 Å². The average Bonchev–Trinajstić information content (AvgIpc) is 2.64. The van der Waals surface area contributed by atoms with Crippen LogP contribution in [0.25, 0.3) is 0 Å². The van der Waals surface area contributed by atoms with Gasteiger partial charge in [0.25, 0.3) is 0 Å². The Labute approximate surface area is 159 Å². The zero-order chi connectivity index (χ0) is 19.6. The second kappa shape index (κ2) is 10.3. The van der Waals surface area contributed by atoms with Crippen LogP contribution < -0.4 is 5.32 Å². The van der Waals surface area contributed by atoms with Gasteiger partial charge in [0.2, 0.25) is 0 Å². The number of carbonyl (C=O) groups excluding carboxylic acids is 3. The fraction of sp³-hybridized carbons (Fsp3) is 0.381. The largest absolute Gasteiger partial charge is 0.462 e. The van der Waals surface area contributed by atoms with E-state index >= 15 is 0 Å². The van der Waals surface area contributed by atoms with Crippen LogP contribution in [0.4, 0.5) is 5.69 Å². The molecule has 0 saturated carbocycles. The summed E-state index contributed by atoms with van der Waals surface area (Å²) in [4.78, 5) is 35.5. The van der Waals surface area contributed by atoms with Crippen LogP contribution >= 0.6 is 0 Å². The Morgan fingerprint density at radius 1 is 1.11 bits per heavy atom. The number of hydrogen-bond acceptors (Lipinski definition) is 6. The number of allylic oxidation sites excluding steroid dienone is 2. The normalized spacial score (nSPS) is 15.3. The van der Waals surface area contributed by atoms with E-state index in [1.807, 2.05) is 0 Å². The van der Waals surface area contributed by atoms with Crippen LogP contribution in [0.3, 0.4) is 0 Å². The third kappa shape index (κ3) is 6.40. The van der Waals surface area contributed by atoms with Gasteiger partial charge in [-0.1, -0.05) is 32.6 Å². The van der Waals surface area contributed by atoms with Crippen molar-refractivity contribution in [1.82, 2.24) is 0 Å². The number of esters is 2. The summed E-state index contributed by atoms with van der Waals surface area (Å²) in [7, 11) is 0. The van der Waals surface area contributed by atoms with Crippen molar-refractivity contribution >= 4 is 23.4 Å². The van der Waals surface area contributed by atoms with Crippen molar-refractivity contribution in [2.45, 2.75) is 46.0 Å². The molecule has 0 saturated heterocycles. The summed E-state index contributed by atoms with van der Waals surface area (Å²) >= 11 is 0. The van der Waals surface area contributed by atoms with Gasteiger partial charge in [0.05, 0.1) is 12.2 Å². The maximum atomic E-state index is 12.0. The van der Waals surface area contributed by atoms with Gasteiger partial charge in [0.1, 0.15) is 11.3 Å². The van der Waals surface area contributed by atoms with Gasteiger partial charge in [0, 0.05) is 18.0 Å². The third-order valence-corrected chi connectivity index (χ3v) is 4.06. The molecule has 2 rings (SSSR count). The first-order chi connectivity index (χ1) is 13.0. The summed E-state index contributed by atoms with van der Waals surface area (Å²) in [5.74, 6) is -1.18. The number of benzene rings is 1. The minimum atomic E-state index is -0.688. The molecule has 1 heterocycles. The molecule has 0 aromatic heterocycles. The standard InChI is InChI=1S/C21H25NO5/c1-3-4-5-6-7-12-26-20(24)16-8-10-17(11-9-16)22-14-18-19(23)13-15(2)27-21(18)25/h8-11,13-14,22H,3-7,12H2,1-2H3. The van der Waals surface area contributed by atoms with Crippen LogP contribution in [-0.2, 0) is 19.1 Å². The minimum Gasteiger partial charge on any atom is -0.462 e. The van der Waals surface area contributed by atoms with E-state index in [1.54, 1.807) is 31.2 Å². The summed E-state index contributed by atoms with van der Waals surface area (Å²) in [5.41, 5.74) is 1.01. The molecule has 27 heavy (non-hydrogen) atoms. The Kier molecular flexibility index (Phi) is 7.79. The lowest BCUT2D eigenvalue weighted by Gasteiger charge is -2.12. The SMILES string of the molecule is CCCCCCCOC(=O)c1ccc(NC=C2C(=O)C=C(C)OC2=O)cc1. The summed E-state index contributed by atoms with van der Waals surface area (Å²) in [5, 5.41) is 2.86. The van der Waals surface area contributed by atoms with Crippen molar-refractivity contribution < 1.29 is 23.9 Å². The molecule has 1 N–H and O–H groups in total. The predicted octanol–water partition coefficient (Wildman–Crippen LogP) is 4.14. The Morgan fingerprint density at radius 2 is 1.81 bits per heavy atom. The molecule has 0 unspecified atom stereocenters. The molecule has 0 amide bonds. The van der Waals surface area contributed by atoms with Crippen molar-refractivity contribution in [2.24, 2.45) is 0 Å². The minimum absolute atomic E-state index is 0.0767. The van der Waals surface area contributed by atoms with Crippen molar-refractivity contribution in [3.8, 4) is 0 Å². The number of hydrogen-bond donors (Lipinski definition) is 1. The highest BCUT2D eigenvalue weighted by molar-refractivity contribution is 6.23. The number of cyclic esters (lactones) is 1. The topological polar surface area (TPSA) is 81.7 Å². The molecule has 0 atom stereocenters. The number of ether oxygens (including phenoxy) is 2. The second-order valence-corrected chi connectivity index (χ2v) is 6.34. The first-order valence-corrected chi connectivity index (χ1v) is 9.20. The van der Waals surface area contributed by atoms with Gasteiger partial charge >= 0.3 is 11.9 Å². The molecule has 1 aliphatic rings. The van der Waals surface area contributed by atoms with Crippen molar-refractivity contribution in [2.75, 3.05) is 11.9 Å². The molecular weight excluding hydrogens is 346 g/mol. The van der Waals surface area contributed by atoms with Gasteiger partial charge in [-0.25, -0.2) is 9.59 Å². The molecule has 0 spiro atoms. The number of rotatable bonds is 9. The Hall–Kier alpha value is -2.89. The van der Waals surface area contributed by atoms with E-state index in [1.165, 1.54) is 25.1 Å². The van der Waals surface area contributed by atoms with E-state index in [2.05, 4.69) is 12.2 Å². The van der Waals surface area contributed by atoms with E-state index in [9.17, 15) is 14.4 Å². The summed E-state index contributed by atoms with van der Waals surface area (Å²) in [6.07, 6.45) is 8.05. The van der Waals surface area contributed by atoms with E-state index in [-0.39, 0.29) is 17.3 Å². The van der Waals surface area contributed by atoms with Gasteiger partial charge in [-0.2, -0.15) is 0 Å². The number of anilines is 1. The Bertz CT molecular complexity index is 746. The molecule has 6 heteroatoms. The monoisotopic (exact) mass is 371 g/mol. The van der Waals surface area contributed by atoms with E-state index < -0.39 is 11.8 Å². The van der Waals surface area contributed by atoms with Gasteiger partial charge < -0.3 is 14.8 Å². The van der Waals surface area contributed by atoms with Gasteiger partial charge in [-0.3, -0.25) is 4.79 Å². The van der Waals surface area contributed by atoms with Crippen molar-refractivity contribution in [3.05, 3.63) is 53.4 Å². The van der Waals surface area contributed by atoms with Crippen LogP contribution in [0.15, 0.2) is 47.9 Å². The maximum absolute atomic E-state index is 12.0.